The number of hydrogen-bond donors (Lipinski definition) is 2. The third-order valence-corrected chi connectivity index (χ3v) is 5.00. The first-order valence-electron chi connectivity index (χ1n) is 9.31. The number of nitrogens with zero attached hydrogens (tertiary/aromatic N) is 1. The maximum atomic E-state index is 12.8. The molecule has 144 valence electrons. The maximum Gasteiger partial charge on any atom is 0.328 e. The van der Waals surface area contributed by atoms with Crippen molar-refractivity contribution in [1.29, 1.82) is 0 Å². The number of urea groups is 1. The fourth-order valence-corrected chi connectivity index (χ4v) is 3.55. The molecule has 2 aromatic rings. The second-order valence-electron chi connectivity index (χ2n) is 6.97. The van der Waals surface area contributed by atoms with E-state index in [1.54, 1.807) is 24.3 Å². The van der Waals surface area contributed by atoms with Crippen LogP contribution in [-0.2, 0) is 11.2 Å². The molecule has 28 heavy (non-hydrogen) atoms. The summed E-state index contributed by atoms with van der Waals surface area (Å²) in [5, 5.41) is 5.25. The first kappa shape index (κ1) is 18.0. The summed E-state index contributed by atoms with van der Waals surface area (Å²) in [6, 6.07) is 14.3. The molecule has 0 bridgehead atoms. The highest BCUT2D eigenvalue weighted by molar-refractivity contribution is 6.09. The molecular formula is C21H21N3O4. The van der Waals surface area contributed by atoms with Crippen molar-refractivity contribution >= 4 is 23.5 Å². The minimum atomic E-state index is -0.506. The van der Waals surface area contributed by atoms with Gasteiger partial charge in [0.05, 0.1) is 17.9 Å². The Hall–Kier alpha value is -3.35. The van der Waals surface area contributed by atoms with E-state index in [1.807, 2.05) is 24.3 Å². The van der Waals surface area contributed by atoms with Gasteiger partial charge in [0.2, 0.25) is 5.91 Å². The first-order chi connectivity index (χ1) is 13.6. The molecule has 2 heterocycles. The molecular weight excluding hydrogens is 358 g/mol. The minimum absolute atomic E-state index is 0.182. The van der Waals surface area contributed by atoms with Crippen molar-refractivity contribution in [3.63, 3.8) is 0 Å². The normalized spacial score (nSPS) is 18.7. The summed E-state index contributed by atoms with van der Waals surface area (Å²) in [6.45, 7) is 1.28. The lowest BCUT2D eigenvalue weighted by atomic mass is 9.96. The van der Waals surface area contributed by atoms with Gasteiger partial charge in [-0.15, -0.1) is 0 Å². The zero-order chi connectivity index (χ0) is 19.5. The molecule has 2 aliphatic heterocycles. The number of anilines is 1. The molecule has 0 aromatic heterocycles. The lowest BCUT2D eigenvalue weighted by molar-refractivity contribution is -0.120. The molecule has 1 atom stereocenters. The Labute approximate surface area is 162 Å². The van der Waals surface area contributed by atoms with E-state index in [1.165, 1.54) is 4.90 Å². The monoisotopic (exact) mass is 379 g/mol. The first-order valence-corrected chi connectivity index (χ1v) is 9.31. The molecule has 0 spiro atoms. The average Bonchev–Trinajstić information content (AvgIpc) is 2.72. The van der Waals surface area contributed by atoms with Crippen molar-refractivity contribution in [3.05, 3.63) is 59.7 Å². The van der Waals surface area contributed by atoms with Crippen molar-refractivity contribution in [3.8, 4) is 5.75 Å². The maximum absolute atomic E-state index is 12.8. The Kier molecular flexibility index (Phi) is 4.97. The summed E-state index contributed by atoms with van der Waals surface area (Å²) >= 11 is 0. The van der Waals surface area contributed by atoms with Crippen LogP contribution in [0.1, 0.15) is 22.3 Å². The Morgan fingerprint density at radius 3 is 2.79 bits per heavy atom. The minimum Gasteiger partial charge on any atom is -0.493 e. The number of ether oxygens (including phenoxy) is 1. The quantitative estimate of drug-likeness (QED) is 0.852. The largest absolute Gasteiger partial charge is 0.493 e. The van der Waals surface area contributed by atoms with Crippen LogP contribution in [0.2, 0.25) is 0 Å². The molecule has 0 aliphatic carbocycles. The number of nitrogens with one attached hydrogen (secondary N) is 2. The molecule has 2 aliphatic rings. The molecule has 0 saturated carbocycles. The topological polar surface area (TPSA) is 87.7 Å². The number of amides is 4. The highest BCUT2D eigenvalue weighted by Gasteiger charge is 2.27. The molecule has 4 amide bonds. The summed E-state index contributed by atoms with van der Waals surface area (Å²) < 4.78 is 5.77. The van der Waals surface area contributed by atoms with E-state index in [-0.39, 0.29) is 30.7 Å². The smallest absolute Gasteiger partial charge is 0.328 e. The number of fused-ring (bicyclic) bond motifs is 1. The Bertz CT molecular complexity index is 927. The fraction of sp³-hybridized carbons (Fsp3) is 0.286. The van der Waals surface area contributed by atoms with Crippen LogP contribution in [0.15, 0.2) is 48.5 Å². The van der Waals surface area contributed by atoms with Gasteiger partial charge in [-0.1, -0.05) is 30.3 Å². The van der Waals surface area contributed by atoms with Gasteiger partial charge in [0.1, 0.15) is 5.75 Å². The molecule has 4 rings (SSSR count). The predicted octanol–water partition coefficient (Wildman–Crippen LogP) is 2.11. The molecule has 1 fully saturated rings. The van der Waals surface area contributed by atoms with Gasteiger partial charge in [-0.3, -0.25) is 19.8 Å². The van der Waals surface area contributed by atoms with E-state index in [2.05, 4.69) is 10.6 Å². The summed E-state index contributed by atoms with van der Waals surface area (Å²) in [6.07, 6.45) is 1.05. The van der Waals surface area contributed by atoms with Gasteiger partial charge in [-0.05, 0) is 30.2 Å². The number of para-hydroxylation sites is 2. The van der Waals surface area contributed by atoms with E-state index in [4.69, 9.17) is 4.74 Å². The summed E-state index contributed by atoms with van der Waals surface area (Å²) in [5.74, 6) is 0.530. The number of rotatable bonds is 4. The van der Waals surface area contributed by atoms with E-state index in [9.17, 15) is 14.4 Å². The van der Waals surface area contributed by atoms with Crippen LogP contribution in [0, 0.1) is 5.92 Å². The van der Waals surface area contributed by atoms with Gasteiger partial charge in [0.25, 0.3) is 5.91 Å². The van der Waals surface area contributed by atoms with Gasteiger partial charge in [0, 0.05) is 25.4 Å². The molecule has 2 aromatic carbocycles. The van der Waals surface area contributed by atoms with E-state index < -0.39 is 6.03 Å². The Balaban J connectivity index is 1.43. The van der Waals surface area contributed by atoms with Crippen LogP contribution in [0.25, 0.3) is 0 Å². The highest BCUT2D eigenvalue weighted by Crippen LogP contribution is 2.27. The van der Waals surface area contributed by atoms with Gasteiger partial charge in [-0.2, -0.15) is 0 Å². The molecule has 1 saturated heterocycles. The van der Waals surface area contributed by atoms with E-state index >= 15 is 0 Å². The lowest BCUT2D eigenvalue weighted by Crippen LogP contribution is -2.50. The van der Waals surface area contributed by atoms with Crippen molar-refractivity contribution in [2.24, 2.45) is 5.92 Å². The number of benzene rings is 2. The third kappa shape index (κ3) is 3.69. The summed E-state index contributed by atoms with van der Waals surface area (Å²) in [4.78, 5) is 37.7. The van der Waals surface area contributed by atoms with Crippen molar-refractivity contribution in [1.82, 2.24) is 10.6 Å². The number of carbonyl (C=O) groups excluding carboxylic acids is 3. The van der Waals surface area contributed by atoms with Gasteiger partial charge < -0.3 is 10.1 Å². The molecule has 2 N–H and O–H groups in total. The van der Waals surface area contributed by atoms with Crippen LogP contribution in [0.3, 0.4) is 0 Å². The van der Waals surface area contributed by atoms with E-state index in [0.29, 0.717) is 24.4 Å². The summed E-state index contributed by atoms with van der Waals surface area (Å²) in [7, 11) is 0. The van der Waals surface area contributed by atoms with Crippen LogP contribution in [0.4, 0.5) is 10.5 Å². The average molecular weight is 379 g/mol. The van der Waals surface area contributed by atoms with Crippen molar-refractivity contribution < 1.29 is 19.1 Å². The van der Waals surface area contributed by atoms with Crippen molar-refractivity contribution in [2.75, 3.05) is 24.6 Å². The molecule has 7 heteroatoms. The van der Waals surface area contributed by atoms with Crippen LogP contribution in [-0.4, -0.2) is 37.5 Å². The molecule has 7 nitrogen and oxygen atoms in total. The van der Waals surface area contributed by atoms with Crippen LogP contribution >= 0.6 is 0 Å². The SMILES string of the molecule is O=C1CCN(c2ccccc2C(=O)NC[C@H]2COc3ccccc3C2)C(=O)N1. The van der Waals surface area contributed by atoms with Crippen LogP contribution in [0.5, 0.6) is 5.75 Å². The predicted molar refractivity (Wildman–Crippen MR) is 103 cm³/mol. The van der Waals surface area contributed by atoms with Crippen LogP contribution < -0.4 is 20.3 Å². The molecule has 0 radical (unpaired) electrons. The Morgan fingerprint density at radius 1 is 1.14 bits per heavy atom. The Morgan fingerprint density at radius 2 is 1.93 bits per heavy atom. The van der Waals surface area contributed by atoms with Gasteiger partial charge in [-0.25, -0.2) is 4.79 Å². The second kappa shape index (κ2) is 7.72. The number of carbonyl (C=O) groups is 3. The van der Waals surface area contributed by atoms with E-state index in [0.717, 1.165) is 17.7 Å². The highest BCUT2D eigenvalue weighted by atomic mass is 16.5. The number of imide groups is 1. The van der Waals surface area contributed by atoms with Gasteiger partial charge in [0.15, 0.2) is 0 Å². The zero-order valence-electron chi connectivity index (χ0n) is 15.3. The summed E-state index contributed by atoms with van der Waals surface area (Å²) in [5.41, 5.74) is 2.04. The standard InChI is InChI=1S/C21H21N3O4/c25-19-9-10-24(21(27)23-19)17-7-3-2-6-16(17)20(26)22-12-14-11-15-5-1-4-8-18(15)28-13-14/h1-8,14H,9-13H2,(H,22,26)(H,23,25,27)/t14-/m0/s1. The third-order valence-electron chi connectivity index (χ3n) is 5.00. The molecule has 0 unspecified atom stereocenters. The van der Waals surface area contributed by atoms with Crippen molar-refractivity contribution in [2.45, 2.75) is 12.8 Å². The zero-order valence-corrected chi connectivity index (χ0v) is 15.3. The fourth-order valence-electron chi connectivity index (χ4n) is 3.55. The van der Waals surface area contributed by atoms with Gasteiger partial charge >= 0.3 is 6.03 Å². The second-order valence-corrected chi connectivity index (χ2v) is 6.97. The lowest BCUT2D eigenvalue weighted by Gasteiger charge is -2.28. The number of hydrogen-bond acceptors (Lipinski definition) is 4.